The van der Waals surface area contributed by atoms with Crippen LogP contribution in [0.2, 0.25) is 0 Å². The molecule has 90 valence electrons. The molecule has 1 aromatic carbocycles. The molecule has 1 amide bonds. The van der Waals surface area contributed by atoms with Crippen molar-refractivity contribution >= 4 is 38.6 Å². The molecule has 0 fully saturated rings. The van der Waals surface area contributed by atoms with Gasteiger partial charge in [0.1, 0.15) is 0 Å². The van der Waals surface area contributed by atoms with Gasteiger partial charge in [-0.2, -0.15) is 0 Å². The molecule has 1 N–H and O–H groups in total. The predicted octanol–water partition coefficient (Wildman–Crippen LogP) is 1.60. The largest absolute Gasteiger partial charge is 0.328 e. The van der Waals surface area contributed by atoms with Gasteiger partial charge >= 0.3 is 5.69 Å². The van der Waals surface area contributed by atoms with Crippen LogP contribution in [0.3, 0.4) is 0 Å². The minimum atomic E-state index is -0.147. The predicted molar refractivity (Wildman–Crippen MR) is 70.2 cm³/mol. The van der Waals surface area contributed by atoms with Crippen molar-refractivity contribution in [3.8, 4) is 0 Å². The number of hydrogen-bond donors (Lipinski definition) is 1. The summed E-state index contributed by atoms with van der Waals surface area (Å²) in [4.78, 5) is 22.8. The van der Waals surface area contributed by atoms with Crippen molar-refractivity contribution < 1.29 is 4.79 Å². The molecule has 0 aliphatic carbocycles. The third kappa shape index (κ3) is 1.88. The van der Waals surface area contributed by atoms with Crippen LogP contribution in [0.4, 0.5) is 5.69 Å². The van der Waals surface area contributed by atoms with E-state index in [0.29, 0.717) is 5.69 Å². The molecular formula is C11H12BrN3O2. The average Bonchev–Trinajstić information content (AvgIpc) is 2.45. The second-order valence-corrected chi connectivity index (χ2v) is 4.76. The summed E-state index contributed by atoms with van der Waals surface area (Å²) in [5, 5.41) is 2.71. The monoisotopic (exact) mass is 297 g/mol. The number of anilines is 1. The van der Waals surface area contributed by atoms with E-state index in [4.69, 9.17) is 0 Å². The molecule has 0 bridgehead atoms. The molecule has 2 aromatic rings. The second-order valence-electron chi connectivity index (χ2n) is 3.90. The molecule has 17 heavy (non-hydrogen) atoms. The fraction of sp³-hybridized carbons (Fsp3) is 0.273. The topological polar surface area (TPSA) is 56.0 Å². The van der Waals surface area contributed by atoms with Crippen molar-refractivity contribution in [2.24, 2.45) is 14.1 Å². The Morgan fingerprint density at radius 1 is 1.24 bits per heavy atom. The Bertz CT molecular complexity index is 669. The fourth-order valence-corrected chi connectivity index (χ4v) is 2.24. The van der Waals surface area contributed by atoms with Crippen LogP contribution in [-0.2, 0) is 18.9 Å². The first-order chi connectivity index (χ1) is 7.91. The van der Waals surface area contributed by atoms with Gasteiger partial charge in [0.05, 0.1) is 16.7 Å². The average molecular weight is 298 g/mol. The number of amides is 1. The summed E-state index contributed by atoms with van der Waals surface area (Å²) < 4.78 is 3.87. The van der Waals surface area contributed by atoms with Gasteiger partial charge in [-0.25, -0.2) is 4.79 Å². The van der Waals surface area contributed by atoms with E-state index in [1.165, 1.54) is 6.92 Å². The molecule has 0 aliphatic rings. The SMILES string of the molecule is CC(=O)Nc1cc2c(cc1Br)n(C)c(=O)n2C. The summed E-state index contributed by atoms with van der Waals surface area (Å²) in [6.07, 6.45) is 0. The van der Waals surface area contributed by atoms with Crippen LogP contribution in [-0.4, -0.2) is 15.0 Å². The standard InChI is InChI=1S/C11H12BrN3O2/c1-6(16)13-8-5-10-9(4-7(8)12)14(2)11(17)15(10)3/h4-5H,1-3H3,(H,13,16). The van der Waals surface area contributed by atoms with Gasteiger partial charge in [-0.15, -0.1) is 0 Å². The van der Waals surface area contributed by atoms with Crippen molar-refractivity contribution in [3.05, 3.63) is 27.1 Å². The first-order valence-electron chi connectivity index (χ1n) is 5.04. The maximum Gasteiger partial charge on any atom is 0.328 e. The number of halogens is 1. The van der Waals surface area contributed by atoms with Crippen molar-refractivity contribution in [1.82, 2.24) is 9.13 Å². The molecule has 6 heteroatoms. The Balaban J connectivity index is 2.76. The zero-order valence-corrected chi connectivity index (χ0v) is 11.3. The minimum Gasteiger partial charge on any atom is -0.325 e. The molecule has 5 nitrogen and oxygen atoms in total. The van der Waals surface area contributed by atoms with Crippen LogP contribution in [0.5, 0.6) is 0 Å². The van der Waals surface area contributed by atoms with Crippen LogP contribution in [0, 0.1) is 0 Å². The lowest BCUT2D eigenvalue weighted by atomic mass is 10.2. The fourth-order valence-electron chi connectivity index (χ4n) is 1.81. The lowest BCUT2D eigenvalue weighted by Gasteiger charge is -2.06. The Morgan fingerprint density at radius 3 is 2.29 bits per heavy atom. The second kappa shape index (κ2) is 4.03. The lowest BCUT2D eigenvalue weighted by molar-refractivity contribution is -0.114. The number of benzene rings is 1. The van der Waals surface area contributed by atoms with Crippen molar-refractivity contribution in [2.45, 2.75) is 6.92 Å². The number of imidazole rings is 1. The van der Waals surface area contributed by atoms with Crippen molar-refractivity contribution in [2.75, 3.05) is 5.32 Å². The number of hydrogen-bond acceptors (Lipinski definition) is 2. The summed E-state index contributed by atoms with van der Waals surface area (Å²) in [7, 11) is 3.42. The highest BCUT2D eigenvalue weighted by atomic mass is 79.9. The van der Waals surface area contributed by atoms with Gasteiger partial charge < -0.3 is 5.32 Å². The van der Waals surface area contributed by atoms with E-state index in [2.05, 4.69) is 21.2 Å². The van der Waals surface area contributed by atoms with Crippen molar-refractivity contribution in [3.63, 3.8) is 0 Å². The number of aromatic nitrogens is 2. The van der Waals surface area contributed by atoms with Gasteiger partial charge in [-0.1, -0.05) is 0 Å². The maximum atomic E-state index is 11.8. The molecule has 0 unspecified atom stereocenters. The number of carbonyl (C=O) groups is 1. The van der Waals surface area contributed by atoms with E-state index in [-0.39, 0.29) is 11.6 Å². The van der Waals surface area contributed by atoms with Gasteiger partial charge in [0.2, 0.25) is 5.91 Å². The molecule has 1 aromatic heterocycles. The summed E-state index contributed by atoms with van der Waals surface area (Å²) in [6, 6.07) is 3.60. The van der Waals surface area contributed by atoms with E-state index >= 15 is 0 Å². The highest BCUT2D eigenvalue weighted by Crippen LogP contribution is 2.27. The molecule has 2 rings (SSSR count). The van der Waals surface area contributed by atoms with E-state index in [9.17, 15) is 9.59 Å². The van der Waals surface area contributed by atoms with Gasteiger partial charge in [-0.3, -0.25) is 13.9 Å². The number of nitrogens with zero attached hydrogens (tertiary/aromatic N) is 2. The Labute approximate surface area is 106 Å². The smallest absolute Gasteiger partial charge is 0.325 e. The van der Waals surface area contributed by atoms with E-state index in [1.54, 1.807) is 29.3 Å². The van der Waals surface area contributed by atoms with Gasteiger partial charge in [0, 0.05) is 25.5 Å². The summed E-state index contributed by atoms with van der Waals surface area (Å²) in [5.41, 5.74) is 2.17. The van der Waals surface area contributed by atoms with Crippen molar-refractivity contribution in [1.29, 1.82) is 0 Å². The van der Waals surface area contributed by atoms with Crippen LogP contribution in [0.1, 0.15) is 6.92 Å². The Morgan fingerprint density at radius 2 is 1.76 bits per heavy atom. The molecule has 0 saturated heterocycles. The highest BCUT2D eigenvalue weighted by molar-refractivity contribution is 9.10. The molecule has 1 heterocycles. The number of carbonyl (C=O) groups excluding carboxylic acids is 1. The zero-order chi connectivity index (χ0) is 12.7. The van der Waals surface area contributed by atoms with E-state index in [1.807, 2.05) is 6.07 Å². The number of rotatable bonds is 1. The third-order valence-electron chi connectivity index (χ3n) is 2.67. The summed E-state index contributed by atoms with van der Waals surface area (Å²) in [6.45, 7) is 1.45. The molecule has 0 atom stereocenters. The first-order valence-corrected chi connectivity index (χ1v) is 5.83. The number of fused-ring (bicyclic) bond motifs is 1. The summed E-state index contributed by atoms with van der Waals surface area (Å²) >= 11 is 3.37. The molecule has 0 saturated carbocycles. The third-order valence-corrected chi connectivity index (χ3v) is 3.33. The zero-order valence-electron chi connectivity index (χ0n) is 9.74. The van der Waals surface area contributed by atoms with Crippen LogP contribution in [0.25, 0.3) is 11.0 Å². The molecular weight excluding hydrogens is 286 g/mol. The Kier molecular flexibility index (Phi) is 2.82. The normalized spacial score (nSPS) is 10.8. The number of nitrogens with one attached hydrogen (secondary N) is 1. The molecule has 0 radical (unpaired) electrons. The highest BCUT2D eigenvalue weighted by Gasteiger charge is 2.11. The van der Waals surface area contributed by atoms with Gasteiger partial charge in [0.15, 0.2) is 0 Å². The van der Waals surface area contributed by atoms with Gasteiger partial charge in [-0.05, 0) is 28.1 Å². The van der Waals surface area contributed by atoms with Crippen LogP contribution >= 0.6 is 15.9 Å². The number of aryl methyl sites for hydroxylation is 2. The van der Waals surface area contributed by atoms with Gasteiger partial charge in [0.25, 0.3) is 0 Å². The maximum absolute atomic E-state index is 11.8. The summed E-state index contributed by atoms with van der Waals surface area (Å²) in [5.74, 6) is -0.147. The van der Waals surface area contributed by atoms with Crippen LogP contribution < -0.4 is 11.0 Å². The molecule has 0 spiro atoms. The van der Waals surface area contributed by atoms with Crippen LogP contribution in [0.15, 0.2) is 21.4 Å². The Hall–Kier alpha value is -1.56. The van der Waals surface area contributed by atoms with E-state index < -0.39 is 0 Å². The first kappa shape index (κ1) is 11.9. The quantitative estimate of drug-likeness (QED) is 0.869. The van der Waals surface area contributed by atoms with E-state index in [0.717, 1.165) is 15.5 Å². The lowest BCUT2D eigenvalue weighted by Crippen LogP contribution is -2.19. The minimum absolute atomic E-state index is 0.0909. The molecule has 0 aliphatic heterocycles.